The zero-order valence-electron chi connectivity index (χ0n) is 19.7. The maximum absolute atomic E-state index is 12.7. The molecule has 5 aliphatic rings. The third-order valence-corrected chi connectivity index (χ3v) is 9.10. The summed E-state index contributed by atoms with van der Waals surface area (Å²) in [5, 5.41) is 32.9. The van der Waals surface area contributed by atoms with Gasteiger partial charge in [-0.3, -0.25) is 9.59 Å². The number of hydrogen-bond donors (Lipinski definition) is 3. The molecule has 0 aromatic rings. The maximum atomic E-state index is 12.7. The summed E-state index contributed by atoms with van der Waals surface area (Å²) >= 11 is 0. The van der Waals surface area contributed by atoms with Gasteiger partial charge in [-0.25, -0.2) is 4.79 Å². The van der Waals surface area contributed by atoms with Crippen LogP contribution in [0.5, 0.6) is 0 Å². The van der Waals surface area contributed by atoms with E-state index in [9.17, 15) is 24.6 Å². The number of hydrogen-bond acceptors (Lipinski definition) is 8. The van der Waals surface area contributed by atoms with Gasteiger partial charge in [0.05, 0.1) is 6.10 Å². The second-order valence-corrected chi connectivity index (χ2v) is 10.9. The second kappa shape index (κ2) is 7.38. The molecule has 0 radical (unpaired) electrons. The molecule has 3 N–H and O–H groups in total. The van der Waals surface area contributed by atoms with Gasteiger partial charge in [-0.05, 0) is 43.1 Å². The van der Waals surface area contributed by atoms with E-state index in [1.165, 1.54) is 6.08 Å². The highest BCUT2D eigenvalue weighted by molar-refractivity contribution is 5.92. The van der Waals surface area contributed by atoms with Crippen LogP contribution in [0.1, 0.15) is 59.3 Å². The number of fused-ring (bicyclic) bond motifs is 3. The predicted octanol–water partition coefficient (Wildman–Crippen LogP) is 1.65. The van der Waals surface area contributed by atoms with Crippen molar-refractivity contribution in [1.82, 2.24) is 0 Å². The number of aliphatic hydroxyl groups is 2. The summed E-state index contributed by atoms with van der Waals surface area (Å²) in [4.78, 5) is 35.8. The van der Waals surface area contributed by atoms with Crippen LogP contribution in [0.4, 0.5) is 0 Å². The Kier molecular flexibility index (Phi) is 5.11. The van der Waals surface area contributed by atoms with Crippen molar-refractivity contribution < 1.29 is 43.9 Å². The van der Waals surface area contributed by atoms with Crippen molar-refractivity contribution in [2.45, 2.75) is 88.3 Å². The predicted molar refractivity (Wildman–Crippen MR) is 116 cm³/mol. The fourth-order valence-corrected chi connectivity index (χ4v) is 6.93. The number of carbonyl (C=O) groups is 3. The third-order valence-electron chi connectivity index (χ3n) is 9.10. The number of ether oxygens (including phenoxy) is 3. The van der Waals surface area contributed by atoms with E-state index in [2.05, 4.69) is 0 Å². The van der Waals surface area contributed by atoms with E-state index in [-0.39, 0.29) is 43.7 Å². The Morgan fingerprint density at radius 1 is 1.24 bits per heavy atom. The Bertz CT molecular complexity index is 1010. The molecule has 1 spiro atoms. The molecule has 0 bridgehead atoms. The molecule has 186 valence electrons. The van der Waals surface area contributed by atoms with E-state index in [4.69, 9.17) is 19.3 Å². The molecule has 2 aliphatic heterocycles. The molecule has 3 aliphatic carbocycles. The topological polar surface area (TPSA) is 143 Å². The monoisotopic (exact) mass is 476 g/mol. The van der Waals surface area contributed by atoms with Crippen molar-refractivity contribution in [3.05, 3.63) is 23.3 Å². The number of rotatable bonds is 6. The number of carboxylic acids is 1. The lowest BCUT2D eigenvalue weighted by molar-refractivity contribution is -0.221. The average Bonchev–Trinajstić information content (AvgIpc) is 3.37. The molecule has 1 saturated heterocycles. The molecular formula is C25H32O9. The second-order valence-electron chi connectivity index (χ2n) is 10.9. The summed E-state index contributed by atoms with van der Waals surface area (Å²) in [5.41, 5.74) is -3.56. The van der Waals surface area contributed by atoms with Crippen LogP contribution in [0, 0.1) is 17.3 Å². The normalized spacial score (nSPS) is 44.1. The Labute approximate surface area is 197 Å². The van der Waals surface area contributed by atoms with E-state index < -0.39 is 46.4 Å². The minimum Gasteiger partial charge on any atom is -0.481 e. The summed E-state index contributed by atoms with van der Waals surface area (Å²) in [5.74, 6) is -2.43. The molecule has 2 heterocycles. The highest BCUT2D eigenvalue weighted by atomic mass is 16.7. The zero-order chi connectivity index (χ0) is 24.7. The van der Waals surface area contributed by atoms with Gasteiger partial charge in [0, 0.05) is 23.8 Å². The van der Waals surface area contributed by atoms with Gasteiger partial charge in [0.2, 0.25) is 0 Å². The van der Waals surface area contributed by atoms with Gasteiger partial charge in [-0.15, -0.1) is 0 Å². The Morgan fingerprint density at radius 2 is 1.97 bits per heavy atom. The number of esters is 2. The van der Waals surface area contributed by atoms with Gasteiger partial charge >= 0.3 is 17.9 Å². The largest absolute Gasteiger partial charge is 0.481 e. The molecule has 5 rings (SSSR count). The maximum Gasteiger partial charge on any atom is 0.334 e. The lowest BCUT2D eigenvalue weighted by atomic mass is 9.46. The Balaban J connectivity index is 1.53. The van der Waals surface area contributed by atoms with Crippen LogP contribution in [-0.2, 0) is 28.6 Å². The minimum atomic E-state index is -1.57. The Hall–Kier alpha value is -2.23. The number of aliphatic carboxylic acids is 1. The van der Waals surface area contributed by atoms with Crippen LogP contribution in [0.15, 0.2) is 23.3 Å². The highest BCUT2D eigenvalue weighted by Crippen LogP contribution is 2.71. The summed E-state index contributed by atoms with van der Waals surface area (Å²) in [7, 11) is 0. The van der Waals surface area contributed by atoms with Gasteiger partial charge in [0.1, 0.15) is 17.8 Å². The van der Waals surface area contributed by atoms with Crippen molar-refractivity contribution in [3.63, 3.8) is 0 Å². The first kappa shape index (κ1) is 23.5. The standard InChI is InChI=1S/C25H32O9/c1-13(2)23(30)9-10-24(31)22(3)8-7-14-15(12-32-20(14)29)16(22)11-17-25(24,34-17)21(23)33-19(28)6-4-5-18(26)27/h9-10,13,16-17,21,30-31H,4-8,11-12H2,1-3H3,(H,26,27)/t16-,17-,21+,22-,23+,24+,25+/m0/s1. The molecule has 9 nitrogen and oxygen atoms in total. The van der Waals surface area contributed by atoms with Gasteiger partial charge < -0.3 is 29.5 Å². The molecule has 7 atom stereocenters. The quantitative estimate of drug-likeness (QED) is 0.296. The van der Waals surface area contributed by atoms with Crippen molar-refractivity contribution in [3.8, 4) is 0 Å². The lowest BCUT2D eigenvalue weighted by Gasteiger charge is -2.60. The van der Waals surface area contributed by atoms with Crippen LogP contribution >= 0.6 is 0 Å². The molecule has 1 saturated carbocycles. The van der Waals surface area contributed by atoms with Crippen molar-refractivity contribution in [2.75, 3.05) is 6.61 Å². The van der Waals surface area contributed by atoms with E-state index in [1.54, 1.807) is 19.9 Å². The van der Waals surface area contributed by atoms with Crippen molar-refractivity contribution >= 4 is 17.9 Å². The molecule has 0 amide bonds. The van der Waals surface area contributed by atoms with Gasteiger partial charge in [0.15, 0.2) is 11.7 Å². The van der Waals surface area contributed by atoms with E-state index >= 15 is 0 Å². The van der Waals surface area contributed by atoms with Crippen molar-refractivity contribution in [2.24, 2.45) is 17.3 Å². The molecule has 0 aromatic carbocycles. The minimum absolute atomic E-state index is 0.114. The van der Waals surface area contributed by atoms with Crippen LogP contribution in [0.2, 0.25) is 0 Å². The van der Waals surface area contributed by atoms with Crippen LogP contribution < -0.4 is 0 Å². The first-order chi connectivity index (χ1) is 15.9. The van der Waals surface area contributed by atoms with Gasteiger partial charge in [-0.1, -0.05) is 32.9 Å². The SMILES string of the molecule is CC(C)[C@]1(O)C=C[C@]2(O)[C@]3(O[C@H]3C[C@H]3C4=C(CC[C@@]32C)C(=O)OC4)[C@@H]1OC(=O)CCCC(=O)O. The Morgan fingerprint density at radius 3 is 2.65 bits per heavy atom. The van der Waals surface area contributed by atoms with Crippen molar-refractivity contribution in [1.29, 1.82) is 0 Å². The molecule has 0 unspecified atom stereocenters. The van der Waals surface area contributed by atoms with Gasteiger partial charge in [-0.2, -0.15) is 0 Å². The summed E-state index contributed by atoms with van der Waals surface area (Å²) < 4.78 is 17.4. The summed E-state index contributed by atoms with van der Waals surface area (Å²) in [6.45, 7) is 5.80. The first-order valence-corrected chi connectivity index (χ1v) is 12.0. The van der Waals surface area contributed by atoms with E-state index in [0.717, 1.165) is 5.57 Å². The lowest BCUT2D eigenvalue weighted by Crippen LogP contribution is -2.74. The fraction of sp³-hybridized carbons (Fsp3) is 0.720. The first-order valence-electron chi connectivity index (χ1n) is 12.0. The van der Waals surface area contributed by atoms with E-state index in [0.29, 0.717) is 24.8 Å². The number of carbonyl (C=O) groups excluding carboxylic acids is 2. The van der Waals surface area contributed by atoms with Gasteiger partial charge in [0.25, 0.3) is 0 Å². The molecule has 34 heavy (non-hydrogen) atoms. The fourth-order valence-electron chi connectivity index (χ4n) is 6.93. The van der Waals surface area contributed by atoms with Crippen LogP contribution in [0.3, 0.4) is 0 Å². The number of epoxide rings is 1. The zero-order valence-corrected chi connectivity index (χ0v) is 19.7. The van der Waals surface area contributed by atoms with Crippen LogP contribution in [-0.4, -0.2) is 68.8 Å². The average molecular weight is 477 g/mol. The van der Waals surface area contributed by atoms with Crippen LogP contribution in [0.25, 0.3) is 0 Å². The third kappa shape index (κ3) is 2.86. The number of carboxylic acid groups (broad SMARTS) is 1. The summed E-state index contributed by atoms with van der Waals surface area (Å²) in [6, 6.07) is 0. The number of cyclic esters (lactones) is 1. The van der Waals surface area contributed by atoms with E-state index in [1.807, 2.05) is 6.92 Å². The summed E-state index contributed by atoms with van der Waals surface area (Å²) in [6.07, 6.45) is 2.86. The molecular weight excluding hydrogens is 444 g/mol. The molecule has 0 aromatic heterocycles. The highest BCUT2D eigenvalue weighted by Gasteiger charge is 2.85. The molecule has 9 heteroatoms. The molecule has 2 fully saturated rings. The smallest absolute Gasteiger partial charge is 0.334 e.